The largest absolute Gasteiger partial charge is 0.483 e. The fourth-order valence-electron chi connectivity index (χ4n) is 3.05. The third kappa shape index (κ3) is 6.45. The summed E-state index contributed by atoms with van der Waals surface area (Å²) in [6.45, 7) is 6.93. The number of carbonyl (C=O) groups is 3. The van der Waals surface area contributed by atoms with Crippen molar-refractivity contribution in [3.63, 3.8) is 0 Å². The van der Waals surface area contributed by atoms with Crippen molar-refractivity contribution in [2.45, 2.75) is 52.0 Å². The van der Waals surface area contributed by atoms with Crippen LogP contribution in [0.25, 0.3) is 0 Å². The molecule has 0 bridgehead atoms. The van der Waals surface area contributed by atoms with Crippen LogP contribution in [-0.4, -0.2) is 55.0 Å². The number of benzene rings is 1. The van der Waals surface area contributed by atoms with E-state index in [2.05, 4.69) is 35.1 Å². The minimum absolute atomic E-state index is 0.162. The minimum atomic E-state index is -0.875. The topological polar surface area (TPSA) is 84.9 Å². The average Bonchev–Trinajstić information content (AvgIpc) is 2.71. The van der Waals surface area contributed by atoms with E-state index in [-0.39, 0.29) is 24.8 Å². The van der Waals surface area contributed by atoms with Gasteiger partial charge in [-0.1, -0.05) is 26.8 Å². The zero-order valence-corrected chi connectivity index (χ0v) is 18.8. The summed E-state index contributed by atoms with van der Waals surface area (Å²) in [4.78, 5) is 38.3. The smallest absolute Gasteiger partial charge is 0.308 e. The van der Waals surface area contributed by atoms with Crippen molar-refractivity contribution in [2.24, 2.45) is 0 Å². The lowest BCUT2D eigenvalue weighted by molar-refractivity contribution is -0.152. The molecule has 2 amide bonds. The summed E-state index contributed by atoms with van der Waals surface area (Å²) >= 11 is 3.49. The van der Waals surface area contributed by atoms with Crippen LogP contribution in [0.3, 0.4) is 0 Å². The standard InChI is InChI=1S/C21H29BrN2O5/c1-4-10-28-20(26)12-17-21(27)23-8-9-24(17)19(25)13-29-18-7-6-15(11-16(18)22)14(3)5-2/h6-7,11,14,17H,4-5,8-10,12-13H2,1-3H3,(H,23,27). The zero-order valence-electron chi connectivity index (χ0n) is 17.2. The quantitative estimate of drug-likeness (QED) is 0.563. The Hall–Kier alpha value is -2.09. The fraction of sp³-hybridized carbons (Fsp3) is 0.571. The van der Waals surface area contributed by atoms with E-state index in [0.717, 1.165) is 10.9 Å². The summed E-state index contributed by atoms with van der Waals surface area (Å²) < 4.78 is 11.5. The summed E-state index contributed by atoms with van der Waals surface area (Å²) in [6, 6.07) is 4.94. The number of rotatable bonds is 9. The predicted molar refractivity (Wildman–Crippen MR) is 113 cm³/mol. The second-order valence-electron chi connectivity index (χ2n) is 7.11. The van der Waals surface area contributed by atoms with Gasteiger partial charge >= 0.3 is 5.97 Å². The molecule has 8 heteroatoms. The fourth-order valence-corrected chi connectivity index (χ4v) is 3.56. The number of piperazine rings is 1. The molecule has 29 heavy (non-hydrogen) atoms. The molecule has 160 valence electrons. The molecule has 1 fully saturated rings. The molecule has 1 N–H and O–H groups in total. The maximum absolute atomic E-state index is 12.7. The molecule has 1 saturated heterocycles. The van der Waals surface area contributed by atoms with Crippen molar-refractivity contribution in [3.05, 3.63) is 28.2 Å². The molecule has 0 spiro atoms. The van der Waals surface area contributed by atoms with Gasteiger partial charge in [-0.25, -0.2) is 0 Å². The van der Waals surface area contributed by atoms with Crippen LogP contribution in [0.4, 0.5) is 0 Å². The zero-order chi connectivity index (χ0) is 21.4. The van der Waals surface area contributed by atoms with Gasteiger partial charge in [-0.05, 0) is 52.4 Å². The van der Waals surface area contributed by atoms with E-state index in [1.54, 1.807) is 0 Å². The average molecular weight is 469 g/mol. The Morgan fingerprint density at radius 1 is 1.34 bits per heavy atom. The summed E-state index contributed by atoms with van der Waals surface area (Å²) in [7, 11) is 0. The van der Waals surface area contributed by atoms with Crippen LogP contribution in [0.15, 0.2) is 22.7 Å². The Kier molecular flexibility index (Phi) is 8.95. The maximum Gasteiger partial charge on any atom is 0.308 e. The van der Waals surface area contributed by atoms with Gasteiger partial charge in [0.1, 0.15) is 11.8 Å². The molecule has 1 aliphatic heterocycles. The van der Waals surface area contributed by atoms with Crippen molar-refractivity contribution in [1.82, 2.24) is 10.2 Å². The van der Waals surface area contributed by atoms with E-state index in [9.17, 15) is 14.4 Å². The molecular weight excluding hydrogens is 440 g/mol. The molecule has 0 radical (unpaired) electrons. The number of hydrogen-bond acceptors (Lipinski definition) is 5. The van der Waals surface area contributed by atoms with Crippen molar-refractivity contribution in [2.75, 3.05) is 26.3 Å². The van der Waals surface area contributed by atoms with Gasteiger partial charge < -0.3 is 19.7 Å². The number of nitrogens with zero attached hydrogens (tertiary/aromatic N) is 1. The summed E-state index contributed by atoms with van der Waals surface area (Å²) in [6.07, 6.45) is 1.57. The Bertz CT molecular complexity index is 740. The lowest BCUT2D eigenvalue weighted by atomic mass is 9.99. The van der Waals surface area contributed by atoms with Crippen LogP contribution in [0.5, 0.6) is 5.75 Å². The van der Waals surface area contributed by atoms with Crippen molar-refractivity contribution in [3.8, 4) is 5.75 Å². The number of ether oxygens (including phenoxy) is 2. The van der Waals surface area contributed by atoms with Gasteiger partial charge in [0.15, 0.2) is 6.61 Å². The van der Waals surface area contributed by atoms with Gasteiger partial charge in [0.25, 0.3) is 5.91 Å². The second-order valence-corrected chi connectivity index (χ2v) is 7.96. The van der Waals surface area contributed by atoms with E-state index in [1.165, 1.54) is 10.5 Å². The number of nitrogens with one attached hydrogen (secondary N) is 1. The highest BCUT2D eigenvalue weighted by molar-refractivity contribution is 9.10. The van der Waals surface area contributed by atoms with Crippen molar-refractivity contribution >= 4 is 33.7 Å². The summed E-state index contributed by atoms with van der Waals surface area (Å²) in [5, 5.41) is 2.69. The highest BCUT2D eigenvalue weighted by Gasteiger charge is 2.35. The van der Waals surface area contributed by atoms with Crippen LogP contribution in [0.2, 0.25) is 0 Å². The number of esters is 1. The molecule has 1 aromatic carbocycles. The Balaban J connectivity index is 2.00. The van der Waals surface area contributed by atoms with Crippen LogP contribution < -0.4 is 10.1 Å². The van der Waals surface area contributed by atoms with Crippen LogP contribution in [0, 0.1) is 0 Å². The van der Waals surface area contributed by atoms with Gasteiger partial charge in [0.2, 0.25) is 5.91 Å². The van der Waals surface area contributed by atoms with Crippen LogP contribution in [0.1, 0.15) is 51.5 Å². The first kappa shape index (κ1) is 23.2. The summed E-state index contributed by atoms with van der Waals surface area (Å²) in [5.74, 6) is -0.188. The number of amides is 2. The molecule has 2 rings (SSSR count). The Morgan fingerprint density at radius 3 is 2.76 bits per heavy atom. The molecule has 2 atom stereocenters. The second kappa shape index (κ2) is 11.2. The minimum Gasteiger partial charge on any atom is -0.483 e. The number of hydrogen-bond donors (Lipinski definition) is 1. The SMILES string of the molecule is CCCOC(=O)CC1C(=O)NCCN1C(=O)COc1ccc(C(C)CC)cc1Br. The molecule has 0 aromatic heterocycles. The normalized spacial score (nSPS) is 17.4. The molecule has 1 aromatic rings. The molecule has 0 aliphatic carbocycles. The lowest BCUT2D eigenvalue weighted by Gasteiger charge is -2.34. The Labute approximate surface area is 180 Å². The summed E-state index contributed by atoms with van der Waals surface area (Å²) in [5.41, 5.74) is 1.19. The maximum atomic E-state index is 12.7. The van der Waals surface area contributed by atoms with E-state index < -0.39 is 12.0 Å². The number of carbonyl (C=O) groups excluding carboxylic acids is 3. The molecule has 1 heterocycles. The van der Waals surface area contributed by atoms with E-state index >= 15 is 0 Å². The monoisotopic (exact) mass is 468 g/mol. The molecule has 0 saturated carbocycles. The molecular formula is C21H29BrN2O5. The van der Waals surface area contributed by atoms with Crippen molar-refractivity contribution < 1.29 is 23.9 Å². The molecule has 1 aliphatic rings. The third-order valence-electron chi connectivity index (χ3n) is 4.97. The van der Waals surface area contributed by atoms with E-state index in [4.69, 9.17) is 9.47 Å². The number of halogens is 1. The first-order valence-electron chi connectivity index (χ1n) is 10.0. The lowest BCUT2D eigenvalue weighted by Crippen LogP contribution is -2.58. The van der Waals surface area contributed by atoms with Gasteiger partial charge in [0, 0.05) is 13.1 Å². The van der Waals surface area contributed by atoms with Gasteiger partial charge in [-0.15, -0.1) is 0 Å². The van der Waals surface area contributed by atoms with Gasteiger partial charge in [-0.2, -0.15) is 0 Å². The first-order chi connectivity index (χ1) is 13.9. The third-order valence-corrected chi connectivity index (χ3v) is 5.59. The van der Waals surface area contributed by atoms with E-state index in [1.807, 2.05) is 25.1 Å². The van der Waals surface area contributed by atoms with Crippen LogP contribution >= 0.6 is 15.9 Å². The van der Waals surface area contributed by atoms with Crippen LogP contribution in [-0.2, 0) is 19.1 Å². The highest BCUT2D eigenvalue weighted by Crippen LogP contribution is 2.30. The highest BCUT2D eigenvalue weighted by atomic mass is 79.9. The Morgan fingerprint density at radius 2 is 2.10 bits per heavy atom. The molecule has 2 unspecified atom stereocenters. The first-order valence-corrected chi connectivity index (χ1v) is 10.8. The van der Waals surface area contributed by atoms with Crippen molar-refractivity contribution in [1.29, 1.82) is 0 Å². The molecule has 7 nitrogen and oxygen atoms in total. The van der Waals surface area contributed by atoms with E-state index in [0.29, 0.717) is 37.8 Å². The van der Waals surface area contributed by atoms with Gasteiger partial charge in [-0.3, -0.25) is 14.4 Å². The van der Waals surface area contributed by atoms with Gasteiger partial charge in [0.05, 0.1) is 17.5 Å². The predicted octanol–water partition coefficient (Wildman–Crippen LogP) is 3.01.